The third-order valence-electron chi connectivity index (χ3n) is 4.74. The van der Waals surface area contributed by atoms with Gasteiger partial charge in [0.05, 0.1) is 16.6 Å². The summed E-state index contributed by atoms with van der Waals surface area (Å²) in [6, 6.07) is 21.2. The molecule has 7 heteroatoms. The van der Waals surface area contributed by atoms with Crippen molar-refractivity contribution in [2.24, 2.45) is 0 Å². The molecule has 0 aliphatic rings. The zero-order valence-electron chi connectivity index (χ0n) is 15.9. The molecule has 4 aromatic rings. The number of aromatic carboxylic acids is 1. The van der Waals surface area contributed by atoms with Crippen molar-refractivity contribution in [1.29, 1.82) is 0 Å². The Balaban J connectivity index is 1.59. The molecule has 1 aromatic heterocycles. The number of para-hydroxylation sites is 2. The minimum atomic E-state index is -0.978. The number of imidazole rings is 1. The van der Waals surface area contributed by atoms with E-state index >= 15 is 0 Å². The summed E-state index contributed by atoms with van der Waals surface area (Å²) in [6.45, 7) is 0.427. The van der Waals surface area contributed by atoms with Crippen LogP contribution in [0.2, 0.25) is 5.02 Å². The average molecular weight is 420 g/mol. The van der Waals surface area contributed by atoms with Gasteiger partial charge in [0.1, 0.15) is 5.82 Å². The van der Waals surface area contributed by atoms with Crippen molar-refractivity contribution >= 4 is 40.2 Å². The van der Waals surface area contributed by atoms with Gasteiger partial charge in [-0.25, -0.2) is 9.78 Å². The molecule has 0 radical (unpaired) electrons. The number of nitrogens with zero attached hydrogens (tertiary/aromatic N) is 2. The second kappa shape index (κ2) is 8.39. The first-order valence-electron chi connectivity index (χ1n) is 9.36. The smallest absolute Gasteiger partial charge is 0.335 e. The number of aromatic nitrogens is 2. The van der Waals surface area contributed by atoms with Crippen molar-refractivity contribution in [3.63, 3.8) is 0 Å². The number of aryl methyl sites for hydroxylation is 1. The Kier molecular flexibility index (Phi) is 5.50. The maximum Gasteiger partial charge on any atom is 0.335 e. The summed E-state index contributed by atoms with van der Waals surface area (Å²) in [7, 11) is 0. The van der Waals surface area contributed by atoms with Crippen LogP contribution in [0.3, 0.4) is 0 Å². The van der Waals surface area contributed by atoms with E-state index in [-0.39, 0.29) is 17.9 Å². The quantitative estimate of drug-likeness (QED) is 0.456. The maximum atomic E-state index is 12.5. The zero-order valence-corrected chi connectivity index (χ0v) is 16.6. The number of halogens is 1. The maximum absolute atomic E-state index is 12.5. The monoisotopic (exact) mass is 419 g/mol. The van der Waals surface area contributed by atoms with Crippen LogP contribution in [-0.2, 0) is 11.3 Å². The normalized spacial score (nSPS) is 10.8. The van der Waals surface area contributed by atoms with Crippen LogP contribution in [0.25, 0.3) is 22.4 Å². The molecule has 150 valence electrons. The molecule has 3 aromatic carbocycles. The Morgan fingerprint density at radius 3 is 2.37 bits per heavy atom. The predicted octanol–water partition coefficient (Wildman–Crippen LogP) is 5.08. The van der Waals surface area contributed by atoms with Gasteiger partial charge in [-0.3, -0.25) is 4.79 Å². The molecule has 0 bridgehead atoms. The molecule has 0 fully saturated rings. The Labute approximate surface area is 177 Å². The van der Waals surface area contributed by atoms with Crippen molar-refractivity contribution < 1.29 is 14.7 Å². The third-order valence-corrected chi connectivity index (χ3v) is 4.99. The first-order chi connectivity index (χ1) is 14.5. The molecular formula is C23H18ClN3O3. The number of carbonyl (C=O) groups excluding carboxylic acids is 1. The fourth-order valence-electron chi connectivity index (χ4n) is 3.25. The standard InChI is InChI=1S/C23H18ClN3O3/c24-17-9-11-18(12-10-17)25-21(28)13-14-27-20-4-2-1-3-19(20)26-22(27)15-5-7-16(8-6-15)23(29)30/h1-12H,13-14H2,(H,25,28)(H,29,30). The number of fused-ring (bicyclic) bond motifs is 1. The first-order valence-corrected chi connectivity index (χ1v) is 9.73. The predicted molar refractivity (Wildman–Crippen MR) is 117 cm³/mol. The van der Waals surface area contributed by atoms with Gasteiger partial charge >= 0.3 is 5.97 Å². The van der Waals surface area contributed by atoms with E-state index < -0.39 is 5.97 Å². The molecule has 1 heterocycles. The van der Waals surface area contributed by atoms with E-state index in [9.17, 15) is 9.59 Å². The summed E-state index contributed by atoms with van der Waals surface area (Å²) in [5, 5.41) is 12.6. The van der Waals surface area contributed by atoms with Crippen molar-refractivity contribution in [2.45, 2.75) is 13.0 Å². The highest BCUT2D eigenvalue weighted by atomic mass is 35.5. The number of benzene rings is 3. The van der Waals surface area contributed by atoms with E-state index in [1.165, 1.54) is 0 Å². The van der Waals surface area contributed by atoms with Gasteiger partial charge in [0.15, 0.2) is 0 Å². The van der Waals surface area contributed by atoms with Crippen LogP contribution < -0.4 is 5.32 Å². The van der Waals surface area contributed by atoms with Gasteiger partial charge in [-0.05, 0) is 48.5 Å². The van der Waals surface area contributed by atoms with E-state index in [1.54, 1.807) is 48.5 Å². The molecule has 6 nitrogen and oxygen atoms in total. The molecule has 0 saturated heterocycles. The molecule has 0 aliphatic carbocycles. The van der Waals surface area contributed by atoms with E-state index in [4.69, 9.17) is 21.7 Å². The molecule has 4 rings (SSSR count). The van der Waals surface area contributed by atoms with Gasteiger partial charge in [0.2, 0.25) is 5.91 Å². The summed E-state index contributed by atoms with van der Waals surface area (Å²) in [6.07, 6.45) is 0.253. The number of carbonyl (C=O) groups is 2. The van der Waals surface area contributed by atoms with Gasteiger partial charge in [-0.2, -0.15) is 0 Å². The Morgan fingerprint density at radius 2 is 1.67 bits per heavy atom. The number of carboxylic acids is 1. The lowest BCUT2D eigenvalue weighted by Crippen LogP contribution is -2.15. The summed E-state index contributed by atoms with van der Waals surface area (Å²) < 4.78 is 1.98. The minimum Gasteiger partial charge on any atom is -0.478 e. The van der Waals surface area contributed by atoms with E-state index in [1.807, 2.05) is 28.8 Å². The first kappa shape index (κ1) is 19.7. The lowest BCUT2D eigenvalue weighted by molar-refractivity contribution is -0.116. The molecule has 0 unspecified atom stereocenters. The van der Waals surface area contributed by atoms with E-state index in [2.05, 4.69) is 5.32 Å². The summed E-state index contributed by atoms with van der Waals surface area (Å²) in [5.41, 5.74) is 3.41. The van der Waals surface area contributed by atoms with Crippen LogP contribution in [0, 0.1) is 0 Å². The Hall–Kier alpha value is -3.64. The van der Waals surface area contributed by atoms with Crippen LogP contribution in [0.5, 0.6) is 0 Å². The molecular weight excluding hydrogens is 402 g/mol. The number of hydrogen-bond donors (Lipinski definition) is 2. The Bertz CT molecular complexity index is 1210. The molecule has 0 spiro atoms. The SMILES string of the molecule is O=C(CCn1c(-c2ccc(C(=O)O)cc2)nc2ccccc21)Nc1ccc(Cl)cc1. The van der Waals surface area contributed by atoms with Gasteiger partial charge in [0, 0.05) is 29.2 Å². The molecule has 0 atom stereocenters. The zero-order chi connectivity index (χ0) is 21.1. The molecule has 0 saturated carbocycles. The lowest BCUT2D eigenvalue weighted by atomic mass is 10.1. The van der Waals surface area contributed by atoms with Crippen molar-refractivity contribution in [2.75, 3.05) is 5.32 Å². The summed E-state index contributed by atoms with van der Waals surface area (Å²) in [5.74, 6) is -0.413. The van der Waals surface area contributed by atoms with Crippen molar-refractivity contribution in [3.05, 3.63) is 83.4 Å². The average Bonchev–Trinajstić information content (AvgIpc) is 3.12. The van der Waals surface area contributed by atoms with E-state index in [0.717, 1.165) is 16.6 Å². The number of anilines is 1. The van der Waals surface area contributed by atoms with Gasteiger partial charge in [-0.15, -0.1) is 0 Å². The van der Waals surface area contributed by atoms with Crippen LogP contribution >= 0.6 is 11.6 Å². The van der Waals surface area contributed by atoms with Crippen LogP contribution in [0.4, 0.5) is 5.69 Å². The van der Waals surface area contributed by atoms with Crippen LogP contribution in [0.1, 0.15) is 16.8 Å². The molecule has 1 amide bonds. The van der Waals surface area contributed by atoms with Crippen LogP contribution in [0.15, 0.2) is 72.8 Å². The van der Waals surface area contributed by atoms with Crippen LogP contribution in [-0.4, -0.2) is 26.5 Å². The highest BCUT2D eigenvalue weighted by molar-refractivity contribution is 6.30. The topological polar surface area (TPSA) is 84.2 Å². The van der Waals surface area contributed by atoms with Crippen molar-refractivity contribution in [3.8, 4) is 11.4 Å². The number of hydrogen-bond acceptors (Lipinski definition) is 3. The minimum absolute atomic E-state index is 0.123. The number of rotatable bonds is 6. The highest BCUT2D eigenvalue weighted by Gasteiger charge is 2.14. The number of amides is 1. The Morgan fingerprint density at radius 1 is 0.967 bits per heavy atom. The third kappa shape index (κ3) is 4.18. The summed E-state index contributed by atoms with van der Waals surface area (Å²) >= 11 is 5.88. The number of nitrogens with one attached hydrogen (secondary N) is 1. The largest absolute Gasteiger partial charge is 0.478 e. The highest BCUT2D eigenvalue weighted by Crippen LogP contribution is 2.26. The molecule has 30 heavy (non-hydrogen) atoms. The fraction of sp³-hybridized carbons (Fsp3) is 0.0870. The molecule has 2 N–H and O–H groups in total. The lowest BCUT2D eigenvalue weighted by Gasteiger charge is -2.10. The molecule has 0 aliphatic heterocycles. The van der Waals surface area contributed by atoms with Gasteiger partial charge in [0.25, 0.3) is 0 Å². The van der Waals surface area contributed by atoms with Gasteiger partial charge < -0.3 is 15.0 Å². The van der Waals surface area contributed by atoms with E-state index in [0.29, 0.717) is 23.1 Å². The van der Waals surface area contributed by atoms with Gasteiger partial charge in [-0.1, -0.05) is 35.9 Å². The van der Waals surface area contributed by atoms with Crippen molar-refractivity contribution in [1.82, 2.24) is 9.55 Å². The second-order valence-electron chi connectivity index (χ2n) is 6.76. The summed E-state index contributed by atoms with van der Waals surface area (Å²) in [4.78, 5) is 28.3. The fourth-order valence-corrected chi connectivity index (χ4v) is 3.38. The number of carboxylic acid groups (broad SMARTS) is 1. The second-order valence-corrected chi connectivity index (χ2v) is 7.20.